The van der Waals surface area contributed by atoms with Gasteiger partial charge in [-0.1, -0.05) is 42.0 Å². The van der Waals surface area contributed by atoms with E-state index in [-0.39, 0.29) is 30.8 Å². The molecule has 0 saturated carbocycles. The molecule has 0 saturated heterocycles. The van der Waals surface area contributed by atoms with Gasteiger partial charge < -0.3 is 15.0 Å². The molecule has 2 aliphatic rings. The lowest BCUT2D eigenvalue weighted by molar-refractivity contribution is -0.130. The number of nitrogens with zero attached hydrogens (tertiary/aromatic N) is 3. The van der Waals surface area contributed by atoms with Gasteiger partial charge in [-0.2, -0.15) is 0 Å². The monoisotopic (exact) mass is 616 g/mol. The average Bonchev–Trinajstić information content (AvgIpc) is 3.12. The topological polar surface area (TPSA) is 91.7 Å². The number of aldehydes is 1. The van der Waals surface area contributed by atoms with E-state index in [0.29, 0.717) is 24.8 Å². The molecule has 2 aromatic rings. The number of pyridine rings is 1. The van der Waals surface area contributed by atoms with E-state index in [4.69, 9.17) is 0 Å². The Morgan fingerprint density at radius 2 is 1.91 bits per heavy atom. The van der Waals surface area contributed by atoms with Crippen LogP contribution in [0.1, 0.15) is 43.7 Å². The fourth-order valence-electron chi connectivity index (χ4n) is 5.36. The molecule has 0 fully saturated rings. The molecule has 10 heteroatoms. The van der Waals surface area contributed by atoms with E-state index in [1.807, 2.05) is 31.2 Å². The van der Waals surface area contributed by atoms with Crippen LogP contribution in [0.2, 0.25) is 0 Å². The minimum Gasteiger partial charge on any atom is -0.348 e. The van der Waals surface area contributed by atoms with E-state index in [9.17, 15) is 27.6 Å². The second kappa shape index (κ2) is 15.2. The largest absolute Gasteiger partial charge is 0.348 e. The molecule has 1 unspecified atom stereocenters. The number of amides is 2. The standard InChI is InChI=1S/C35H35F3N4O3/c1-24-16-29(9-5-6-14-35(19-24,23-43)26-8-7-15-39-21-26)41-32(44)22-42(2)34(45)33(30-10-3-4-11-31(30)38)40-20-25-12-13-27(36)18-28(37)17-25/h3-8,10-11,13,15-18,21,23,29H,9,12,14,19-20,22H2,1-2H3,(H,41,44)/b6-5+,24-16+,40-33?/t29?,35-/m0/s1. The summed E-state index contributed by atoms with van der Waals surface area (Å²) in [6.45, 7) is 1.38. The molecule has 2 aliphatic carbocycles. The molecular formula is C35H35F3N4O3. The summed E-state index contributed by atoms with van der Waals surface area (Å²) in [7, 11) is 1.40. The van der Waals surface area contributed by atoms with Crippen molar-refractivity contribution in [3.05, 3.63) is 125 Å². The highest BCUT2D eigenvalue weighted by molar-refractivity contribution is 6.45. The van der Waals surface area contributed by atoms with E-state index in [2.05, 4.69) is 15.3 Å². The smallest absolute Gasteiger partial charge is 0.272 e. The first-order valence-corrected chi connectivity index (χ1v) is 14.6. The molecule has 2 atom stereocenters. The van der Waals surface area contributed by atoms with Crippen molar-refractivity contribution in [2.45, 2.75) is 44.1 Å². The summed E-state index contributed by atoms with van der Waals surface area (Å²) in [4.78, 5) is 48.6. The van der Waals surface area contributed by atoms with Crippen LogP contribution in [0.15, 0.2) is 113 Å². The predicted octanol–water partition coefficient (Wildman–Crippen LogP) is 5.81. The highest BCUT2D eigenvalue weighted by Gasteiger charge is 2.32. The van der Waals surface area contributed by atoms with Gasteiger partial charge in [0.25, 0.3) is 5.91 Å². The number of halogens is 3. The number of hydrogen-bond donors (Lipinski definition) is 1. The number of nitrogens with one attached hydrogen (secondary N) is 1. The summed E-state index contributed by atoms with van der Waals surface area (Å²) in [5.41, 5.74) is 1.01. The van der Waals surface area contributed by atoms with E-state index < -0.39 is 40.7 Å². The quantitative estimate of drug-likeness (QED) is 0.219. The zero-order valence-electron chi connectivity index (χ0n) is 25.2. The molecule has 234 valence electrons. The molecule has 0 radical (unpaired) electrons. The van der Waals surface area contributed by atoms with Crippen molar-refractivity contribution in [3.8, 4) is 0 Å². The Balaban J connectivity index is 1.48. The van der Waals surface area contributed by atoms with Crippen LogP contribution in [-0.2, 0) is 19.8 Å². The molecule has 0 bridgehead atoms. The Kier molecular flexibility index (Phi) is 11.2. The number of hydrogen-bond acceptors (Lipinski definition) is 5. The van der Waals surface area contributed by atoms with Gasteiger partial charge in [0.1, 0.15) is 29.5 Å². The molecule has 2 amide bonds. The minimum absolute atomic E-state index is 0.0647. The summed E-state index contributed by atoms with van der Waals surface area (Å²) < 4.78 is 42.4. The fourth-order valence-corrected chi connectivity index (χ4v) is 5.36. The van der Waals surface area contributed by atoms with E-state index in [1.165, 1.54) is 31.3 Å². The summed E-state index contributed by atoms with van der Waals surface area (Å²) >= 11 is 0. The number of likely N-dealkylation sites (N-methyl/N-ethyl adjacent to an activating group) is 1. The van der Waals surface area contributed by atoms with Crippen LogP contribution >= 0.6 is 0 Å². The van der Waals surface area contributed by atoms with Crippen LogP contribution < -0.4 is 5.32 Å². The third kappa shape index (κ3) is 8.84. The van der Waals surface area contributed by atoms with Crippen molar-refractivity contribution in [2.75, 3.05) is 20.1 Å². The van der Waals surface area contributed by atoms with Gasteiger partial charge in [0.05, 0.1) is 24.5 Å². The van der Waals surface area contributed by atoms with Crippen LogP contribution in [0.3, 0.4) is 0 Å². The van der Waals surface area contributed by atoms with Crippen LogP contribution in [-0.4, -0.2) is 59.9 Å². The molecular weight excluding hydrogens is 581 g/mol. The Hall–Kier alpha value is -4.86. The normalized spacial score (nSPS) is 22.5. The molecule has 1 aromatic carbocycles. The zero-order chi connectivity index (χ0) is 32.4. The molecule has 4 rings (SSSR count). The Labute approximate surface area is 260 Å². The first-order chi connectivity index (χ1) is 21.6. The molecule has 1 aromatic heterocycles. The summed E-state index contributed by atoms with van der Waals surface area (Å²) in [6, 6.07) is 8.87. The predicted molar refractivity (Wildman–Crippen MR) is 167 cm³/mol. The third-order valence-corrected chi connectivity index (χ3v) is 7.60. The maximum Gasteiger partial charge on any atom is 0.272 e. The lowest BCUT2D eigenvalue weighted by Gasteiger charge is -2.27. The highest BCUT2D eigenvalue weighted by atomic mass is 19.1. The number of carbonyl (C=O) groups is 3. The lowest BCUT2D eigenvalue weighted by atomic mass is 9.75. The molecule has 1 N–H and O–H groups in total. The Morgan fingerprint density at radius 3 is 2.64 bits per heavy atom. The van der Waals surface area contributed by atoms with Gasteiger partial charge in [-0.05, 0) is 74.1 Å². The fraction of sp³-hybridized carbons (Fsp3) is 0.286. The molecule has 45 heavy (non-hydrogen) atoms. The number of carbonyl (C=O) groups excluding carboxylic acids is 3. The Bertz CT molecular complexity index is 1610. The van der Waals surface area contributed by atoms with Crippen molar-refractivity contribution in [3.63, 3.8) is 0 Å². The van der Waals surface area contributed by atoms with Crippen LogP contribution in [0.25, 0.3) is 0 Å². The van der Waals surface area contributed by atoms with Gasteiger partial charge in [-0.25, -0.2) is 13.2 Å². The maximum atomic E-state index is 14.8. The average molecular weight is 617 g/mol. The number of aliphatic imine (C=N–C) groups is 1. The summed E-state index contributed by atoms with van der Waals surface area (Å²) in [5.74, 6) is -3.37. The molecule has 1 heterocycles. The van der Waals surface area contributed by atoms with Crippen molar-refractivity contribution in [2.24, 2.45) is 4.99 Å². The van der Waals surface area contributed by atoms with Crippen molar-refractivity contribution >= 4 is 23.8 Å². The van der Waals surface area contributed by atoms with E-state index in [1.54, 1.807) is 24.5 Å². The summed E-state index contributed by atoms with van der Waals surface area (Å²) in [5, 5.41) is 2.93. The van der Waals surface area contributed by atoms with Gasteiger partial charge in [-0.15, -0.1) is 0 Å². The second-order valence-electron chi connectivity index (χ2n) is 11.2. The van der Waals surface area contributed by atoms with Crippen LogP contribution in [0.4, 0.5) is 13.2 Å². The lowest BCUT2D eigenvalue weighted by Crippen LogP contribution is -2.44. The van der Waals surface area contributed by atoms with Gasteiger partial charge in [0, 0.05) is 31.1 Å². The third-order valence-electron chi connectivity index (χ3n) is 7.60. The van der Waals surface area contributed by atoms with Crippen molar-refractivity contribution in [1.82, 2.24) is 15.2 Å². The molecule has 0 spiro atoms. The van der Waals surface area contributed by atoms with Gasteiger partial charge in [0.15, 0.2) is 0 Å². The first-order valence-electron chi connectivity index (χ1n) is 14.6. The second-order valence-corrected chi connectivity index (χ2v) is 11.2. The van der Waals surface area contributed by atoms with Gasteiger partial charge in [0.2, 0.25) is 5.91 Å². The number of aromatic nitrogens is 1. The van der Waals surface area contributed by atoms with Gasteiger partial charge >= 0.3 is 0 Å². The zero-order valence-corrected chi connectivity index (χ0v) is 25.2. The van der Waals surface area contributed by atoms with E-state index in [0.717, 1.165) is 34.5 Å². The maximum absolute atomic E-state index is 14.8. The SMILES string of the molecule is C/C1=C\C(NC(=O)CN(C)C(=O)C(=NCC2=CC(F)=CC(F)=CC2)c2ccccc2F)C/C=C/C[C@](C=O)(c2cccnc2)C1. The minimum atomic E-state index is -0.794. The molecule has 0 aliphatic heterocycles. The van der Waals surface area contributed by atoms with Gasteiger partial charge in [-0.3, -0.25) is 19.6 Å². The number of benzene rings is 1. The summed E-state index contributed by atoms with van der Waals surface area (Å²) in [6.07, 6.45) is 14.6. The Morgan fingerprint density at radius 1 is 1.11 bits per heavy atom. The van der Waals surface area contributed by atoms with Crippen LogP contribution in [0.5, 0.6) is 0 Å². The van der Waals surface area contributed by atoms with Crippen molar-refractivity contribution in [1.29, 1.82) is 0 Å². The highest BCUT2D eigenvalue weighted by Crippen LogP contribution is 2.34. The van der Waals surface area contributed by atoms with Crippen LogP contribution in [0, 0.1) is 5.82 Å². The molecule has 7 nitrogen and oxygen atoms in total. The van der Waals surface area contributed by atoms with Crippen molar-refractivity contribution < 1.29 is 27.6 Å². The number of allylic oxidation sites excluding steroid dienone is 7. The number of rotatable bonds is 9. The first kappa shape index (κ1) is 33.0. The van der Waals surface area contributed by atoms with E-state index >= 15 is 0 Å².